The second kappa shape index (κ2) is 5.13. The van der Waals surface area contributed by atoms with Gasteiger partial charge in [-0.1, -0.05) is 0 Å². The summed E-state index contributed by atoms with van der Waals surface area (Å²) < 4.78 is 67.3. The average molecular weight is 349 g/mol. The average Bonchev–Trinajstić information content (AvgIpc) is 3.05. The number of anilines is 2. The molecule has 24 heavy (non-hydrogen) atoms. The smallest absolute Gasteiger partial charge is 0.325 e. The molecule has 2 aliphatic rings. The van der Waals surface area contributed by atoms with Crippen LogP contribution in [0.2, 0.25) is 0 Å². The van der Waals surface area contributed by atoms with Crippen LogP contribution in [0.1, 0.15) is 12.0 Å². The van der Waals surface area contributed by atoms with E-state index < -0.39 is 47.9 Å². The molecule has 0 saturated carbocycles. The summed E-state index contributed by atoms with van der Waals surface area (Å²) in [6.07, 6.45) is -5.22. The van der Waals surface area contributed by atoms with Crippen LogP contribution < -0.4 is 16.0 Å². The van der Waals surface area contributed by atoms with Crippen LogP contribution in [0.25, 0.3) is 0 Å². The molecule has 1 unspecified atom stereocenters. The van der Waals surface area contributed by atoms with E-state index in [1.165, 1.54) is 0 Å². The van der Waals surface area contributed by atoms with Crippen LogP contribution >= 0.6 is 0 Å². The van der Waals surface area contributed by atoms with Crippen LogP contribution in [0, 0.1) is 5.41 Å². The summed E-state index contributed by atoms with van der Waals surface area (Å²) in [6.45, 7) is -0.558. The number of halogens is 5. The van der Waals surface area contributed by atoms with Crippen LogP contribution in [-0.4, -0.2) is 31.1 Å². The van der Waals surface area contributed by atoms with E-state index in [1.807, 2.05) is 10.6 Å². The number of hydrogen-bond donors (Lipinski definition) is 3. The Morgan fingerprint density at radius 3 is 2.54 bits per heavy atom. The summed E-state index contributed by atoms with van der Waals surface area (Å²) in [5.41, 5.74) is -3.67. The van der Waals surface area contributed by atoms with Crippen molar-refractivity contribution >= 4 is 23.2 Å². The van der Waals surface area contributed by atoms with Crippen molar-refractivity contribution in [3.8, 4) is 0 Å². The highest BCUT2D eigenvalue weighted by Gasteiger charge is 2.61. The Morgan fingerprint density at radius 2 is 1.96 bits per heavy atom. The predicted molar refractivity (Wildman–Crippen MR) is 73.6 cm³/mol. The Kier molecular flexibility index (Phi) is 3.55. The summed E-state index contributed by atoms with van der Waals surface area (Å²) in [4.78, 5) is 23.3. The van der Waals surface area contributed by atoms with Crippen molar-refractivity contribution in [1.29, 1.82) is 0 Å². The van der Waals surface area contributed by atoms with Crippen LogP contribution in [-0.2, 0) is 15.5 Å². The maximum Gasteiger partial charge on any atom is 0.404 e. The molecule has 2 amide bonds. The van der Waals surface area contributed by atoms with Gasteiger partial charge in [-0.25, -0.2) is 0 Å². The highest BCUT2D eigenvalue weighted by atomic mass is 19.4. The van der Waals surface area contributed by atoms with Gasteiger partial charge in [0.1, 0.15) is 0 Å². The van der Waals surface area contributed by atoms with E-state index in [4.69, 9.17) is 0 Å². The third kappa shape index (κ3) is 2.32. The number of nitrogens with one attached hydrogen (secondary N) is 3. The molecule has 3 N–H and O–H groups in total. The first-order valence-electron chi connectivity index (χ1n) is 7.01. The van der Waals surface area contributed by atoms with Crippen molar-refractivity contribution in [3.05, 3.63) is 23.8 Å². The van der Waals surface area contributed by atoms with Crippen molar-refractivity contribution in [3.63, 3.8) is 0 Å². The zero-order valence-electron chi connectivity index (χ0n) is 12.1. The van der Waals surface area contributed by atoms with Gasteiger partial charge in [0, 0.05) is 12.2 Å². The van der Waals surface area contributed by atoms with Gasteiger partial charge in [0.2, 0.25) is 5.91 Å². The minimum Gasteiger partial charge on any atom is -0.325 e. The maximum atomic E-state index is 13.7. The number of amides is 2. The fourth-order valence-electron chi connectivity index (χ4n) is 2.82. The molecule has 2 heterocycles. The van der Waals surface area contributed by atoms with E-state index in [9.17, 15) is 31.5 Å². The molecule has 1 fully saturated rings. The van der Waals surface area contributed by atoms with Gasteiger partial charge in [-0.3, -0.25) is 9.59 Å². The van der Waals surface area contributed by atoms with Crippen molar-refractivity contribution < 1.29 is 31.5 Å². The van der Waals surface area contributed by atoms with Crippen molar-refractivity contribution in [2.75, 3.05) is 23.7 Å². The maximum absolute atomic E-state index is 13.7. The lowest BCUT2D eigenvalue weighted by atomic mass is 9.85. The van der Waals surface area contributed by atoms with Crippen LogP contribution in [0.15, 0.2) is 18.2 Å². The quantitative estimate of drug-likeness (QED) is 0.717. The summed E-state index contributed by atoms with van der Waals surface area (Å²) in [5, 5.41) is 6.50. The number of carbonyl (C=O) groups is 2. The summed E-state index contributed by atoms with van der Waals surface area (Å²) >= 11 is 0. The van der Waals surface area contributed by atoms with Gasteiger partial charge in [0.15, 0.2) is 5.41 Å². The van der Waals surface area contributed by atoms with E-state index in [0.717, 1.165) is 18.2 Å². The summed E-state index contributed by atoms with van der Waals surface area (Å²) in [5.74, 6) is -6.64. The molecule has 0 radical (unpaired) electrons. The molecule has 1 atom stereocenters. The van der Waals surface area contributed by atoms with Gasteiger partial charge in [0.25, 0.3) is 5.91 Å². The Labute approximate surface area is 132 Å². The van der Waals surface area contributed by atoms with E-state index >= 15 is 0 Å². The lowest BCUT2D eigenvalue weighted by Crippen LogP contribution is -2.49. The van der Waals surface area contributed by atoms with Gasteiger partial charge in [-0.15, -0.1) is 0 Å². The molecule has 2 aliphatic heterocycles. The Hall–Kier alpha value is -2.23. The number of hydrogen-bond acceptors (Lipinski definition) is 3. The molecule has 1 aromatic carbocycles. The van der Waals surface area contributed by atoms with E-state index in [2.05, 4.69) is 5.32 Å². The second-order valence-corrected chi connectivity index (χ2v) is 5.75. The van der Waals surface area contributed by atoms with E-state index in [-0.39, 0.29) is 17.9 Å². The third-order valence-corrected chi connectivity index (χ3v) is 4.28. The molecular formula is C14H12F5N3O2. The van der Waals surface area contributed by atoms with Crippen LogP contribution in [0.4, 0.5) is 33.3 Å². The predicted octanol–water partition coefficient (Wildman–Crippen LogP) is 2.21. The van der Waals surface area contributed by atoms with E-state index in [0.29, 0.717) is 0 Å². The molecule has 1 aromatic rings. The van der Waals surface area contributed by atoms with Gasteiger partial charge in [-0.2, -0.15) is 22.0 Å². The number of carbonyl (C=O) groups excluding carboxylic acids is 2. The van der Waals surface area contributed by atoms with Gasteiger partial charge in [0.05, 0.1) is 11.3 Å². The summed E-state index contributed by atoms with van der Waals surface area (Å²) in [7, 11) is 0. The molecule has 0 aromatic heterocycles. The highest BCUT2D eigenvalue weighted by molar-refractivity contribution is 6.05. The number of rotatable bonds is 2. The minimum absolute atomic E-state index is 0.0214. The fraction of sp³-hybridized carbons (Fsp3) is 0.429. The van der Waals surface area contributed by atoms with Gasteiger partial charge < -0.3 is 16.0 Å². The first-order valence-corrected chi connectivity index (χ1v) is 7.01. The summed E-state index contributed by atoms with van der Waals surface area (Å²) in [6, 6.07) is 3.07. The van der Waals surface area contributed by atoms with E-state index in [1.54, 1.807) is 0 Å². The van der Waals surface area contributed by atoms with Gasteiger partial charge in [-0.05, 0) is 31.2 Å². The Bertz CT molecular complexity index is 711. The first-order chi connectivity index (χ1) is 11.1. The molecule has 0 bridgehead atoms. The Morgan fingerprint density at radius 1 is 1.25 bits per heavy atom. The molecule has 10 heteroatoms. The minimum atomic E-state index is -4.78. The largest absolute Gasteiger partial charge is 0.404 e. The third-order valence-electron chi connectivity index (χ3n) is 4.28. The van der Waals surface area contributed by atoms with Crippen molar-refractivity contribution in [2.24, 2.45) is 5.41 Å². The molecule has 0 spiro atoms. The normalized spacial score (nSPS) is 25.3. The molecular weight excluding hydrogens is 337 g/mol. The van der Waals surface area contributed by atoms with Crippen LogP contribution in [0.3, 0.4) is 0 Å². The molecule has 1 saturated heterocycles. The Balaban J connectivity index is 1.89. The molecule has 5 nitrogen and oxygen atoms in total. The number of fused-ring (bicyclic) bond motifs is 1. The monoisotopic (exact) mass is 349 g/mol. The van der Waals surface area contributed by atoms with Gasteiger partial charge >= 0.3 is 12.1 Å². The van der Waals surface area contributed by atoms with Crippen molar-refractivity contribution in [2.45, 2.75) is 18.5 Å². The van der Waals surface area contributed by atoms with Crippen molar-refractivity contribution in [1.82, 2.24) is 5.32 Å². The lowest BCUT2D eigenvalue weighted by Gasteiger charge is -2.29. The highest BCUT2D eigenvalue weighted by Crippen LogP contribution is 2.45. The molecule has 130 valence electrons. The zero-order valence-corrected chi connectivity index (χ0v) is 12.1. The zero-order chi connectivity index (χ0) is 17.8. The molecule has 3 rings (SSSR count). The number of benzene rings is 1. The van der Waals surface area contributed by atoms with Crippen LogP contribution in [0.5, 0.6) is 0 Å². The lowest BCUT2D eigenvalue weighted by molar-refractivity contribution is -0.213. The second-order valence-electron chi connectivity index (χ2n) is 5.75. The number of alkyl halides is 5. The standard InChI is InChI=1S/C14H12F5N3O2/c15-13(16)8-5-7(1-2-9(8)22-11(13)24)21-10(23)12(14(17,18)19)3-4-20-6-12/h1-2,5,20H,3-4,6H2,(H,21,23)(H,22,24). The SMILES string of the molecule is O=C1Nc2ccc(NC(=O)C3(C(F)(F)F)CCNC3)cc2C1(F)F. The topological polar surface area (TPSA) is 70.2 Å². The fourth-order valence-corrected chi connectivity index (χ4v) is 2.82. The first kappa shape index (κ1) is 16.6. The molecule has 0 aliphatic carbocycles.